The second kappa shape index (κ2) is 8.34. The quantitative estimate of drug-likeness (QED) is 0.809. The van der Waals surface area contributed by atoms with Crippen molar-refractivity contribution < 1.29 is 24.1 Å². The van der Waals surface area contributed by atoms with Crippen molar-refractivity contribution in [3.63, 3.8) is 0 Å². The number of rotatable bonds is 5. The Kier molecular flexibility index (Phi) is 5.66. The molecule has 2 aromatic rings. The van der Waals surface area contributed by atoms with Gasteiger partial charge >= 0.3 is 5.97 Å². The zero-order chi connectivity index (χ0) is 19.5. The van der Waals surface area contributed by atoms with Crippen molar-refractivity contribution in [1.82, 2.24) is 4.98 Å². The second-order valence-electron chi connectivity index (χ2n) is 6.73. The van der Waals surface area contributed by atoms with E-state index in [2.05, 4.69) is 4.98 Å². The molecule has 7 nitrogen and oxygen atoms in total. The number of para-hydroxylation sites is 1. The first-order valence-corrected chi connectivity index (χ1v) is 9.65. The SMILES string of the molecule is O=C(O)c1cccc2c1OC[C@H](COC1CCCCO1)N2c1ncccc1Cl. The summed E-state index contributed by atoms with van der Waals surface area (Å²) in [5.41, 5.74) is 0.703. The van der Waals surface area contributed by atoms with Gasteiger partial charge < -0.3 is 24.2 Å². The summed E-state index contributed by atoms with van der Waals surface area (Å²) in [6.07, 6.45) is 4.40. The molecule has 8 heteroatoms. The number of fused-ring (bicyclic) bond motifs is 1. The van der Waals surface area contributed by atoms with Crippen molar-refractivity contribution >= 4 is 29.1 Å². The Hall–Kier alpha value is -2.35. The third-order valence-electron chi connectivity index (χ3n) is 4.85. The monoisotopic (exact) mass is 404 g/mol. The number of hydrogen-bond acceptors (Lipinski definition) is 6. The van der Waals surface area contributed by atoms with Gasteiger partial charge in [-0.05, 0) is 43.5 Å². The number of pyridine rings is 1. The lowest BCUT2D eigenvalue weighted by Gasteiger charge is -2.39. The second-order valence-corrected chi connectivity index (χ2v) is 7.14. The van der Waals surface area contributed by atoms with Gasteiger partial charge in [-0.25, -0.2) is 9.78 Å². The third-order valence-corrected chi connectivity index (χ3v) is 5.14. The lowest BCUT2D eigenvalue weighted by molar-refractivity contribution is -0.165. The van der Waals surface area contributed by atoms with E-state index in [9.17, 15) is 9.90 Å². The van der Waals surface area contributed by atoms with E-state index < -0.39 is 5.97 Å². The molecule has 28 heavy (non-hydrogen) atoms. The van der Waals surface area contributed by atoms with Crippen LogP contribution in [0.1, 0.15) is 29.6 Å². The molecule has 3 heterocycles. The van der Waals surface area contributed by atoms with Gasteiger partial charge in [-0.15, -0.1) is 0 Å². The van der Waals surface area contributed by atoms with E-state index in [1.165, 1.54) is 6.07 Å². The fraction of sp³-hybridized carbons (Fsp3) is 0.400. The minimum Gasteiger partial charge on any atom is -0.488 e. The van der Waals surface area contributed by atoms with Gasteiger partial charge in [0.1, 0.15) is 12.2 Å². The lowest BCUT2D eigenvalue weighted by atomic mass is 10.1. The summed E-state index contributed by atoms with van der Waals surface area (Å²) in [6, 6.07) is 8.28. The summed E-state index contributed by atoms with van der Waals surface area (Å²) < 4.78 is 17.5. The molecule has 1 aromatic heterocycles. The van der Waals surface area contributed by atoms with E-state index in [1.807, 2.05) is 4.90 Å². The van der Waals surface area contributed by atoms with Crippen molar-refractivity contribution in [1.29, 1.82) is 0 Å². The molecule has 2 aliphatic heterocycles. The Morgan fingerprint density at radius 3 is 2.96 bits per heavy atom. The van der Waals surface area contributed by atoms with Crippen LogP contribution in [0.5, 0.6) is 5.75 Å². The van der Waals surface area contributed by atoms with Crippen LogP contribution in [0.3, 0.4) is 0 Å². The van der Waals surface area contributed by atoms with Crippen LogP contribution in [0.15, 0.2) is 36.5 Å². The zero-order valence-corrected chi connectivity index (χ0v) is 16.0. The number of halogens is 1. The number of carboxylic acids is 1. The van der Waals surface area contributed by atoms with Crippen molar-refractivity contribution in [2.45, 2.75) is 31.6 Å². The normalized spacial score (nSPS) is 21.7. The van der Waals surface area contributed by atoms with Gasteiger partial charge in [-0.3, -0.25) is 0 Å². The van der Waals surface area contributed by atoms with Crippen molar-refractivity contribution in [2.75, 3.05) is 24.7 Å². The molecule has 1 saturated heterocycles. The number of carbonyl (C=O) groups is 1. The Morgan fingerprint density at radius 2 is 2.21 bits per heavy atom. The lowest BCUT2D eigenvalue weighted by Crippen LogP contribution is -2.45. The number of carboxylic acid groups (broad SMARTS) is 1. The highest BCUT2D eigenvalue weighted by atomic mass is 35.5. The number of benzene rings is 1. The minimum atomic E-state index is -1.05. The summed E-state index contributed by atoms with van der Waals surface area (Å²) in [5.74, 6) is -0.203. The maximum absolute atomic E-state index is 11.6. The highest BCUT2D eigenvalue weighted by molar-refractivity contribution is 6.33. The summed E-state index contributed by atoms with van der Waals surface area (Å²) in [6.45, 7) is 1.29. The molecule has 1 unspecified atom stereocenters. The Morgan fingerprint density at radius 1 is 1.32 bits per heavy atom. The van der Waals surface area contributed by atoms with Crippen LogP contribution in [0, 0.1) is 0 Å². The average molecular weight is 405 g/mol. The first-order valence-electron chi connectivity index (χ1n) is 9.27. The summed E-state index contributed by atoms with van der Waals surface area (Å²) in [7, 11) is 0. The smallest absolute Gasteiger partial charge is 0.339 e. The van der Waals surface area contributed by atoms with E-state index in [0.29, 0.717) is 35.5 Å². The van der Waals surface area contributed by atoms with Crippen LogP contribution in [0.2, 0.25) is 5.02 Å². The number of hydrogen-bond donors (Lipinski definition) is 1. The Balaban J connectivity index is 1.68. The van der Waals surface area contributed by atoms with Crippen molar-refractivity contribution in [2.24, 2.45) is 0 Å². The molecule has 0 amide bonds. The van der Waals surface area contributed by atoms with E-state index in [4.69, 9.17) is 25.8 Å². The molecule has 4 rings (SSSR count). The molecule has 0 bridgehead atoms. The Labute approximate surface area is 167 Å². The number of anilines is 2. The van der Waals surface area contributed by atoms with Gasteiger partial charge in [-0.1, -0.05) is 17.7 Å². The number of aromatic nitrogens is 1. The van der Waals surface area contributed by atoms with Crippen LogP contribution >= 0.6 is 11.6 Å². The van der Waals surface area contributed by atoms with Crippen molar-refractivity contribution in [3.8, 4) is 5.75 Å². The van der Waals surface area contributed by atoms with Gasteiger partial charge in [0, 0.05) is 12.8 Å². The fourth-order valence-electron chi connectivity index (χ4n) is 3.51. The highest BCUT2D eigenvalue weighted by Gasteiger charge is 2.34. The van der Waals surface area contributed by atoms with Crippen LogP contribution in [-0.4, -0.2) is 48.2 Å². The zero-order valence-electron chi connectivity index (χ0n) is 15.2. The van der Waals surface area contributed by atoms with Crippen LogP contribution < -0.4 is 9.64 Å². The molecule has 1 N–H and O–H groups in total. The third kappa shape index (κ3) is 3.78. The molecule has 2 atom stereocenters. The average Bonchev–Trinajstić information content (AvgIpc) is 2.72. The van der Waals surface area contributed by atoms with Crippen LogP contribution in [-0.2, 0) is 9.47 Å². The molecule has 1 aromatic carbocycles. The molecule has 0 spiro atoms. The molecule has 148 valence electrons. The number of aromatic carboxylic acids is 1. The first-order chi connectivity index (χ1) is 13.6. The maximum atomic E-state index is 11.6. The van der Waals surface area contributed by atoms with Gasteiger partial charge in [0.05, 0.1) is 23.4 Å². The largest absolute Gasteiger partial charge is 0.488 e. The Bertz CT molecular complexity index is 856. The van der Waals surface area contributed by atoms with Gasteiger partial charge in [0.15, 0.2) is 17.9 Å². The predicted octanol–water partition coefficient (Wildman–Crippen LogP) is 3.88. The van der Waals surface area contributed by atoms with Crippen LogP contribution in [0.25, 0.3) is 0 Å². The first kappa shape index (κ1) is 19.0. The van der Waals surface area contributed by atoms with E-state index in [-0.39, 0.29) is 24.5 Å². The minimum absolute atomic E-state index is 0.101. The van der Waals surface area contributed by atoms with E-state index in [1.54, 1.807) is 30.5 Å². The summed E-state index contributed by atoms with van der Waals surface area (Å²) in [5, 5.41) is 9.98. The van der Waals surface area contributed by atoms with E-state index >= 15 is 0 Å². The van der Waals surface area contributed by atoms with E-state index in [0.717, 1.165) is 19.3 Å². The molecule has 1 fully saturated rings. The van der Waals surface area contributed by atoms with Crippen molar-refractivity contribution in [3.05, 3.63) is 47.1 Å². The van der Waals surface area contributed by atoms with Crippen LogP contribution in [0.4, 0.5) is 11.5 Å². The maximum Gasteiger partial charge on any atom is 0.339 e. The number of ether oxygens (including phenoxy) is 3. The fourth-order valence-corrected chi connectivity index (χ4v) is 3.72. The highest BCUT2D eigenvalue weighted by Crippen LogP contribution is 2.42. The predicted molar refractivity (Wildman–Crippen MR) is 104 cm³/mol. The van der Waals surface area contributed by atoms with Gasteiger partial charge in [0.25, 0.3) is 0 Å². The topological polar surface area (TPSA) is 81.1 Å². The molecular formula is C20H21ClN2O5. The number of nitrogens with zero attached hydrogens (tertiary/aromatic N) is 2. The van der Waals surface area contributed by atoms with Gasteiger partial charge in [-0.2, -0.15) is 0 Å². The standard InChI is InChI=1S/C20H21ClN2O5/c21-15-6-4-9-22-19(15)23-13(11-27-17-8-1-2-10-26-17)12-28-18-14(20(24)25)5-3-7-16(18)23/h3-7,9,13,17H,1-2,8,10-12H2,(H,24,25)/t13-,17?/m0/s1. The molecular weight excluding hydrogens is 384 g/mol. The molecule has 2 aliphatic rings. The molecule has 0 aliphatic carbocycles. The van der Waals surface area contributed by atoms with Gasteiger partial charge in [0.2, 0.25) is 0 Å². The summed E-state index contributed by atoms with van der Waals surface area (Å²) >= 11 is 6.41. The molecule has 0 radical (unpaired) electrons. The summed E-state index contributed by atoms with van der Waals surface area (Å²) in [4.78, 5) is 17.9. The molecule has 0 saturated carbocycles.